The monoisotopic (exact) mass is 398 g/mol. The van der Waals surface area contributed by atoms with Gasteiger partial charge in [0, 0.05) is 22.4 Å². The fourth-order valence-electron chi connectivity index (χ4n) is 3.09. The first-order chi connectivity index (χ1) is 14.7. The zero-order chi connectivity index (χ0) is 20.9. The highest BCUT2D eigenvalue weighted by atomic mass is 16.5. The van der Waals surface area contributed by atoms with Crippen molar-refractivity contribution in [2.45, 2.75) is 0 Å². The second-order valence-corrected chi connectivity index (χ2v) is 6.55. The topological polar surface area (TPSA) is 81.4 Å². The van der Waals surface area contributed by atoms with E-state index in [0.717, 1.165) is 22.4 Å². The smallest absolute Gasteiger partial charge is 0.337 e. The minimum absolute atomic E-state index is 0.280. The number of benzene rings is 3. The molecule has 0 aliphatic carbocycles. The molecule has 0 unspecified atom stereocenters. The Bertz CT molecular complexity index is 1180. The summed E-state index contributed by atoms with van der Waals surface area (Å²) < 4.78 is 9.88. The molecular formula is C24H18N2O4. The van der Waals surface area contributed by atoms with Crippen molar-refractivity contribution in [2.24, 2.45) is 0 Å². The second-order valence-electron chi connectivity index (χ2n) is 6.55. The SMILES string of the molecule is COC(=O)c1ccc(C(=O)Nc2cccc(-c3conc3-c3ccccc3)c2)cc1. The van der Waals surface area contributed by atoms with E-state index in [1.54, 1.807) is 36.6 Å². The van der Waals surface area contributed by atoms with Crippen molar-refractivity contribution in [3.8, 4) is 22.4 Å². The zero-order valence-corrected chi connectivity index (χ0v) is 16.2. The molecule has 4 rings (SSSR count). The highest BCUT2D eigenvalue weighted by Crippen LogP contribution is 2.32. The lowest BCUT2D eigenvalue weighted by Crippen LogP contribution is -2.12. The lowest BCUT2D eigenvalue weighted by molar-refractivity contribution is 0.0600. The fraction of sp³-hybridized carbons (Fsp3) is 0.0417. The molecule has 1 N–H and O–H groups in total. The Balaban J connectivity index is 1.56. The first-order valence-corrected chi connectivity index (χ1v) is 9.25. The van der Waals surface area contributed by atoms with Gasteiger partial charge in [-0.3, -0.25) is 4.79 Å². The summed E-state index contributed by atoms with van der Waals surface area (Å²) in [5.74, 6) is -0.727. The number of nitrogens with zero attached hydrogens (tertiary/aromatic N) is 1. The van der Waals surface area contributed by atoms with Crippen LogP contribution in [0.5, 0.6) is 0 Å². The van der Waals surface area contributed by atoms with Crippen LogP contribution in [-0.2, 0) is 4.74 Å². The van der Waals surface area contributed by atoms with Gasteiger partial charge in [0.2, 0.25) is 0 Å². The van der Waals surface area contributed by atoms with Crippen LogP contribution in [0.15, 0.2) is 89.6 Å². The number of hydrogen-bond acceptors (Lipinski definition) is 5. The van der Waals surface area contributed by atoms with Crippen LogP contribution in [0.25, 0.3) is 22.4 Å². The van der Waals surface area contributed by atoms with E-state index in [2.05, 4.69) is 15.2 Å². The minimum atomic E-state index is -0.447. The standard InChI is InChI=1S/C24H18N2O4/c1-29-24(28)18-12-10-17(11-13-18)23(27)25-20-9-5-8-19(14-20)21-15-30-26-22(21)16-6-3-2-4-7-16/h2-15H,1H3,(H,25,27). The van der Waals surface area contributed by atoms with Gasteiger partial charge in [-0.2, -0.15) is 0 Å². The summed E-state index contributed by atoms with van der Waals surface area (Å²) in [4.78, 5) is 24.1. The molecule has 0 spiro atoms. The van der Waals surface area contributed by atoms with E-state index < -0.39 is 5.97 Å². The van der Waals surface area contributed by atoms with Gasteiger partial charge in [0.05, 0.1) is 12.7 Å². The molecule has 0 saturated carbocycles. The van der Waals surface area contributed by atoms with Gasteiger partial charge in [0.15, 0.2) is 0 Å². The number of ether oxygens (including phenoxy) is 1. The highest BCUT2D eigenvalue weighted by Gasteiger charge is 2.14. The van der Waals surface area contributed by atoms with Gasteiger partial charge in [-0.05, 0) is 42.0 Å². The number of carbonyl (C=O) groups excluding carboxylic acids is 2. The summed E-state index contributed by atoms with van der Waals surface area (Å²) in [7, 11) is 1.31. The number of esters is 1. The Morgan fingerprint density at radius 3 is 2.30 bits per heavy atom. The van der Waals surface area contributed by atoms with Crippen molar-refractivity contribution in [2.75, 3.05) is 12.4 Å². The van der Waals surface area contributed by atoms with Crippen LogP contribution in [0.3, 0.4) is 0 Å². The second kappa shape index (κ2) is 8.45. The molecule has 1 heterocycles. The van der Waals surface area contributed by atoms with E-state index in [0.29, 0.717) is 16.8 Å². The van der Waals surface area contributed by atoms with Gasteiger partial charge in [-0.25, -0.2) is 4.79 Å². The molecule has 1 amide bonds. The average molecular weight is 398 g/mol. The van der Waals surface area contributed by atoms with Crippen molar-refractivity contribution < 1.29 is 18.8 Å². The number of rotatable bonds is 5. The fourth-order valence-corrected chi connectivity index (χ4v) is 3.09. The van der Waals surface area contributed by atoms with Crippen LogP contribution < -0.4 is 5.32 Å². The molecule has 30 heavy (non-hydrogen) atoms. The van der Waals surface area contributed by atoms with Crippen molar-refractivity contribution in [1.29, 1.82) is 0 Å². The van der Waals surface area contributed by atoms with E-state index >= 15 is 0 Å². The van der Waals surface area contributed by atoms with Crippen molar-refractivity contribution in [3.05, 3.63) is 96.3 Å². The summed E-state index contributed by atoms with van der Waals surface area (Å²) in [6, 6.07) is 23.5. The maximum absolute atomic E-state index is 12.6. The van der Waals surface area contributed by atoms with E-state index in [1.165, 1.54) is 7.11 Å². The summed E-state index contributed by atoms with van der Waals surface area (Å²) in [5, 5.41) is 7.01. The number of methoxy groups -OCH3 is 1. The third-order valence-corrected chi connectivity index (χ3v) is 4.62. The Labute approximate surface area is 173 Å². The normalized spacial score (nSPS) is 10.4. The van der Waals surface area contributed by atoms with Gasteiger partial charge >= 0.3 is 5.97 Å². The summed E-state index contributed by atoms with van der Waals surface area (Å²) in [5.41, 5.74) is 4.84. The number of carbonyl (C=O) groups is 2. The van der Waals surface area contributed by atoms with Gasteiger partial charge < -0.3 is 14.6 Å². The molecule has 0 atom stereocenters. The van der Waals surface area contributed by atoms with E-state index in [1.807, 2.05) is 48.5 Å². The predicted molar refractivity (Wildman–Crippen MR) is 113 cm³/mol. The maximum Gasteiger partial charge on any atom is 0.337 e. The lowest BCUT2D eigenvalue weighted by Gasteiger charge is -2.08. The van der Waals surface area contributed by atoms with Gasteiger partial charge in [-0.1, -0.05) is 47.6 Å². The quantitative estimate of drug-likeness (QED) is 0.476. The minimum Gasteiger partial charge on any atom is -0.465 e. The molecule has 1 aromatic heterocycles. The Hall–Kier alpha value is -4.19. The predicted octanol–water partition coefficient (Wildman–Crippen LogP) is 5.05. The van der Waals surface area contributed by atoms with Crippen molar-refractivity contribution >= 4 is 17.6 Å². The van der Waals surface area contributed by atoms with Crippen LogP contribution in [-0.4, -0.2) is 24.1 Å². The average Bonchev–Trinajstić information content (AvgIpc) is 3.29. The largest absolute Gasteiger partial charge is 0.465 e. The summed E-state index contributed by atoms with van der Waals surface area (Å²) in [6.45, 7) is 0. The Morgan fingerprint density at radius 1 is 0.867 bits per heavy atom. The molecule has 4 aromatic rings. The third kappa shape index (κ3) is 3.98. The van der Waals surface area contributed by atoms with Crippen molar-refractivity contribution in [1.82, 2.24) is 5.16 Å². The van der Waals surface area contributed by atoms with E-state index in [4.69, 9.17) is 4.52 Å². The van der Waals surface area contributed by atoms with Crippen molar-refractivity contribution in [3.63, 3.8) is 0 Å². The van der Waals surface area contributed by atoms with Crippen LogP contribution >= 0.6 is 0 Å². The maximum atomic E-state index is 12.6. The van der Waals surface area contributed by atoms with E-state index in [9.17, 15) is 9.59 Å². The van der Waals surface area contributed by atoms with Crippen LogP contribution in [0.4, 0.5) is 5.69 Å². The first-order valence-electron chi connectivity index (χ1n) is 9.25. The molecule has 0 saturated heterocycles. The molecule has 6 heteroatoms. The molecule has 0 aliphatic rings. The van der Waals surface area contributed by atoms with Gasteiger partial charge in [0.1, 0.15) is 12.0 Å². The molecule has 3 aromatic carbocycles. The van der Waals surface area contributed by atoms with Crippen LogP contribution in [0.1, 0.15) is 20.7 Å². The highest BCUT2D eigenvalue weighted by molar-refractivity contribution is 6.05. The molecule has 0 fully saturated rings. The van der Waals surface area contributed by atoms with E-state index in [-0.39, 0.29) is 5.91 Å². The molecule has 0 aliphatic heterocycles. The Morgan fingerprint density at radius 2 is 1.57 bits per heavy atom. The zero-order valence-electron chi connectivity index (χ0n) is 16.2. The molecule has 0 bridgehead atoms. The number of nitrogens with one attached hydrogen (secondary N) is 1. The molecule has 0 radical (unpaired) electrons. The first kappa shape index (κ1) is 19.1. The Kier molecular flexibility index (Phi) is 5.39. The molecule has 6 nitrogen and oxygen atoms in total. The number of hydrogen-bond donors (Lipinski definition) is 1. The summed E-state index contributed by atoms with van der Waals surface area (Å²) in [6.07, 6.45) is 1.59. The van der Waals surface area contributed by atoms with Crippen LogP contribution in [0.2, 0.25) is 0 Å². The molecule has 148 valence electrons. The lowest BCUT2D eigenvalue weighted by atomic mass is 10.0. The number of anilines is 1. The number of aromatic nitrogens is 1. The summed E-state index contributed by atoms with van der Waals surface area (Å²) >= 11 is 0. The van der Waals surface area contributed by atoms with Crippen LogP contribution in [0, 0.1) is 0 Å². The van der Waals surface area contributed by atoms with Gasteiger partial charge in [-0.15, -0.1) is 0 Å². The number of amides is 1. The van der Waals surface area contributed by atoms with Gasteiger partial charge in [0.25, 0.3) is 5.91 Å². The molecular weight excluding hydrogens is 380 g/mol. The third-order valence-electron chi connectivity index (χ3n) is 4.62.